The minimum Gasteiger partial charge on any atom is -0.508 e. The first kappa shape index (κ1) is 10.5. The van der Waals surface area contributed by atoms with Gasteiger partial charge in [-0.05, 0) is 23.6 Å². The fourth-order valence-electron chi connectivity index (χ4n) is 1.73. The van der Waals surface area contributed by atoms with Crippen LogP contribution in [-0.2, 0) is 0 Å². The third kappa shape index (κ3) is 2.70. The van der Waals surface area contributed by atoms with Crippen molar-refractivity contribution in [3.63, 3.8) is 0 Å². The second-order valence-corrected chi connectivity index (χ2v) is 4.26. The minimum atomic E-state index is 0.352. The molecule has 1 unspecified atom stereocenters. The molecule has 0 spiro atoms. The van der Waals surface area contributed by atoms with Gasteiger partial charge in [-0.25, -0.2) is 0 Å². The van der Waals surface area contributed by atoms with Crippen LogP contribution in [0.25, 0.3) is 0 Å². The Kier molecular flexibility index (Phi) is 3.23. The van der Waals surface area contributed by atoms with Gasteiger partial charge in [0.2, 0.25) is 0 Å². The lowest BCUT2D eigenvalue weighted by Gasteiger charge is -2.29. The van der Waals surface area contributed by atoms with E-state index in [0.717, 1.165) is 19.6 Å². The standard InChI is InChI=1S/C12H18N2O/c1-9(6-14-11-7-13-8-11)10-3-2-4-12(15)5-10/h2-5,9,11,13-15H,6-8H2,1H3. The van der Waals surface area contributed by atoms with Crippen LogP contribution in [0, 0.1) is 0 Å². The molecule has 3 nitrogen and oxygen atoms in total. The van der Waals surface area contributed by atoms with E-state index in [4.69, 9.17) is 0 Å². The zero-order valence-electron chi connectivity index (χ0n) is 9.03. The second kappa shape index (κ2) is 4.64. The minimum absolute atomic E-state index is 0.352. The summed E-state index contributed by atoms with van der Waals surface area (Å²) in [6.45, 7) is 5.29. The van der Waals surface area contributed by atoms with Crippen molar-refractivity contribution in [2.45, 2.75) is 18.9 Å². The molecule has 0 aliphatic carbocycles. The molecule has 1 aromatic carbocycles. The van der Waals surface area contributed by atoms with Gasteiger partial charge < -0.3 is 15.7 Å². The van der Waals surface area contributed by atoms with Crippen LogP contribution < -0.4 is 10.6 Å². The number of phenolic OH excluding ortho intramolecular Hbond substituents is 1. The monoisotopic (exact) mass is 206 g/mol. The summed E-state index contributed by atoms with van der Waals surface area (Å²) in [4.78, 5) is 0. The van der Waals surface area contributed by atoms with Crippen LogP contribution >= 0.6 is 0 Å². The topological polar surface area (TPSA) is 44.3 Å². The quantitative estimate of drug-likeness (QED) is 0.690. The third-order valence-corrected chi connectivity index (χ3v) is 2.93. The SMILES string of the molecule is CC(CNC1CNC1)c1cccc(O)c1. The Balaban J connectivity index is 1.86. The van der Waals surface area contributed by atoms with Crippen molar-refractivity contribution in [2.24, 2.45) is 0 Å². The highest BCUT2D eigenvalue weighted by atomic mass is 16.3. The fraction of sp³-hybridized carbons (Fsp3) is 0.500. The molecule has 0 saturated carbocycles. The highest BCUT2D eigenvalue weighted by Crippen LogP contribution is 2.19. The first-order chi connectivity index (χ1) is 7.25. The number of benzene rings is 1. The summed E-state index contributed by atoms with van der Waals surface area (Å²) in [6, 6.07) is 8.13. The first-order valence-corrected chi connectivity index (χ1v) is 5.49. The highest BCUT2D eigenvalue weighted by Gasteiger charge is 2.16. The van der Waals surface area contributed by atoms with Gasteiger partial charge in [-0.2, -0.15) is 0 Å². The van der Waals surface area contributed by atoms with Crippen LogP contribution in [0.3, 0.4) is 0 Å². The largest absolute Gasteiger partial charge is 0.508 e. The number of phenols is 1. The van der Waals surface area contributed by atoms with Crippen molar-refractivity contribution in [3.8, 4) is 5.75 Å². The van der Waals surface area contributed by atoms with Gasteiger partial charge >= 0.3 is 0 Å². The summed E-state index contributed by atoms with van der Waals surface area (Å²) in [5.41, 5.74) is 1.19. The maximum absolute atomic E-state index is 9.37. The number of rotatable bonds is 4. The molecule has 3 N–H and O–H groups in total. The fourth-order valence-corrected chi connectivity index (χ4v) is 1.73. The van der Waals surface area contributed by atoms with E-state index in [0.29, 0.717) is 17.7 Å². The van der Waals surface area contributed by atoms with Gasteiger partial charge in [0.05, 0.1) is 0 Å². The van der Waals surface area contributed by atoms with E-state index < -0.39 is 0 Å². The van der Waals surface area contributed by atoms with E-state index in [1.54, 1.807) is 6.07 Å². The van der Waals surface area contributed by atoms with Crippen molar-refractivity contribution in [1.29, 1.82) is 0 Å². The molecular formula is C12H18N2O. The van der Waals surface area contributed by atoms with Crippen molar-refractivity contribution in [2.75, 3.05) is 19.6 Å². The molecule has 3 heteroatoms. The summed E-state index contributed by atoms with van der Waals surface area (Å²) in [6.07, 6.45) is 0. The summed E-state index contributed by atoms with van der Waals surface area (Å²) < 4.78 is 0. The van der Waals surface area contributed by atoms with E-state index in [1.807, 2.05) is 12.1 Å². The number of aromatic hydroxyl groups is 1. The molecule has 1 atom stereocenters. The average molecular weight is 206 g/mol. The van der Waals surface area contributed by atoms with Crippen molar-refractivity contribution in [1.82, 2.24) is 10.6 Å². The molecule has 1 aliphatic heterocycles. The van der Waals surface area contributed by atoms with Gasteiger partial charge in [-0.3, -0.25) is 0 Å². The summed E-state index contributed by atoms with van der Waals surface area (Å²) in [5.74, 6) is 0.794. The predicted molar refractivity (Wildman–Crippen MR) is 61.2 cm³/mol. The maximum atomic E-state index is 9.37. The Bertz CT molecular complexity index is 323. The van der Waals surface area contributed by atoms with Gasteiger partial charge in [-0.15, -0.1) is 0 Å². The summed E-state index contributed by atoms with van der Waals surface area (Å²) in [5, 5.41) is 16.1. The molecule has 1 aliphatic rings. The molecule has 1 saturated heterocycles. The Morgan fingerprint density at radius 3 is 2.93 bits per heavy atom. The van der Waals surface area contributed by atoms with Gasteiger partial charge in [0.15, 0.2) is 0 Å². The molecule has 0 amide bonds. The second-order valence-electron chi connectivity index (χ2n) is 4.26. The zero-order chi connectivity index (χ0) is 10.7. The van der Waals surface area contributed by atoms with Gasteiger partial charge in [-0.1, -0.05) is 19.1 Å². The van der Waals surface area contributed by atoms with Gasteiger partial charge in [0.1, 0.15) is 5.75 Å². The van der Waals surface area contributed by atoms with E-state index in [1.165, 1.54) is 5.56 Å². The molecule has 0 bridgehead atoms. The zero-order valence-corrected chi connectivity index (χ0v) is 9.03. The van der Waals surface area contributed by atoms with Gasteiger partial charge in [0.25, 0.3) is 0 Å². The smallest absolute Gasteiger partial charge is 0.115 e. The van der Waals surface area contributed by atoms with Crippen LogP contribution in [0.15, 0.2) is 24.3 Å². The lowest BCUT2D eigenvalue weighted by Crippen LogP contribution is -2.55. The molecule has 0 radical (unpaired) electrons. The van der Waals surface area contributed by atoms with E-state index in [2.05, 4.69) is 23.6 Å². The molecule has 82 valence electrons. The van der Waals surface area contributed by atoms with Crippen LogP contribution in [0.5, 0.6) is 5.75 Å². The van der Waals surface area contributed by atoms with E-state index in [-0.39, 0.29) is 0 Å². The normalized spacial score (nSPS) is 18.5. The number of hydrogen-bond donors (Lipinski definition) is 3. The molecule has 1 aromatic rings. The van der Waals surface area contributed by atoms with E-state index >= 15 is 0 Å². The molecule has 1 fully saturated rings. The molecule has 1 heterocycles. The number of nitrogens with one attached hydrogen (secondary N) is 2. The Labute approximate surface area is 90.5 Å². The molecule has 15 heavy (non-hydrogen) atoms. The first-order valence-electron chi connectivity index (χ1n) is 5.49. The summed E-state index contributed by atoms with van der Waals surface area (Å²) in [7, 11) is 0. The van der Waals surface area contributed by atoms with Gasteiger partial charge in [0, 0.05) is 25.7 Å². The van der Waals surface area contributed by atoms with Crippen LogP contribution in [0.4, 0.5) is 0 Å². The van der Waals surface area contributed by atoms with Crippen molar-refractivity contribution < 1.29 is 5.11 Å². The predicted octanol–water partition coefficient (Wildman–Crippen LogP) is 1.06. The molecule has 0 aromatic heterocycles. The average Bonchev–Trinajstić information content (AvgIpc) is 2.15. The van der Waals surface area contributed by atoms with Crippen molar-refractivity contribution >= 4 is 0 Å². The summed E-state index contributed by atoms with van der Waals surface area (Å²) >= 11 is 0. The highest BCUT2D eigenvalue weighted by molar-refractivity contribution is 5.29. The molecular weight excluding hydrogens is 188 g/mol. The maximum Gasteiger partial charge on any atom is 0.115 e. The lowest BCUT2D eigenvalue weighted by atomic mass is 10.0. The van der Waals surface area contributed by atoms with Crippen molar-refractivity contribution in [3.05, 3.63) is 29.8 Å². The van der Waals surface area contributed by atoms with Crippen LogP contribution in [0.2, 0.25) is 0 Å². The molecule has 2 rings (SSSR count). The Morgan fingerprint density at radius 1 is 1.53 bits per heavy atom. The van der Waals surface area contributed by atoms with Crippen LogP contribution in [0.1, 0.15) is 18.4 Å². The third-order valence-electron chi connectivity index (χ3n) is 2.93. The number of hydrogen-bond acceptors (Lipinski definition) is 3. The Hall–Kier alpha value is -1.06. The Morgan fingerprint density at radius 2 is 2.33 bits per heavy atom. The van der Waals surface area contributed by atoms with E-state index in [9.17, 15) is 5.11 Å². The lowest BCUT2D eigenvalue weighted by molar-refractivity contribution is 0.360. The van der Waals surface area contributed by atoms with Crippen LogP contribution in [-0.4, -0.2) is 30.8 Å².